The maximum Gasteiger partial charge on any atom is 0.271 e. The molecule has 9 nitrogen and oxygen atoms in total. The Balaban J connectivity index is 1.35. The molecule has 2 bridgehead atoms. The maximum absolute atomic E-state index is 12.9. The molecule has 1 saturated carbocycles. The largest absolute Gasteiger partial charge is 0.495 e. The number of nitro groups is 1. The summed E-state index contributed by atoms with van der Waals surface area (Å²) in [5, 5.41) is 13.6. The van der Waals surface area contributed by atoms with Gasteiger partial charge in [-0.2, -0.15) is 0 Å². The number of fused-ring (bicyclic) bond motifs is 5. The summed E-state index contributed by atoms with van der Waals surface area (Å²) in [7, 11) is 1.40. The molecule has 1 N–H and O–H groups in total. The van der Waals surface area contributed by atoms with E-state index >= 15 is 0 Å². The Kier molecular flexibility index (Phi) is 4.54. The number of nitrogens with zero attached hydrogens (tertiary/aromatic N) is 2. The van der Waals surface area contributed by atoms with Gasteiger partial charge < -0.3 is 10.1 Å². The first-order chi connectivity index (χ1) is 15.4. The Hall–Kier alpha value is -4.01. The smallest absolute Gasteiger partial charge is 0.271 e. The Morgan fingerprint density at radius 3 is 2.25 bits per heavy atom. The number of carbonyl (C=O) groups is 3. The van der Waals surface area contributed by atoms with Crippen LogP contribution in [0.15, 0.2) is 54.6 Å². The van der Waals surface area contributed by atoms with Gasteiger partial charge in [-0.1, -0.05) is 12.2 Å². The highest BCUT2D eigenvalue weighted by molar-refractivity contribution is 6.23. The van der Waals surface area contributed by atoms with Crippen LogP contribution in [0.4, 0.5) is 17.1 Å². The molecule has 5 rings (SSSR count). The predicted octanol–water partition coefficient (Wildman–Crippen LogP) is 3.17. The summed E-state index contributed by atoms with van der Waals surface area (Å²) in [6.45, 7) is 0. The molecule has 2 aliphatic carbocycles. The van der Waals surface area contributed by atoms with Crippen molar-refractivity contribution in [2.75, 3.05) is 17.3 Å². The number of benzene rings is 2. The monoisotopic (exact) mass is 433 g/mol. The number of hydrogen-bond donors (Lipinski definition) is 1. The number of imide groups is 1. The standard InChI is InChI=1S/C23H19N3O6/c1-32-18-9-8-16(26(30)31)11-17(18)24-21(27)12-4-6-15(7-5-12)25-22(28)19-13-2-3-14(10-13)20(19)23(25)29/h2-9,11,13-14,19-20H,10H2,1H3,(H,24,27)/t13-,14-,19-,20-/m0/s1. The van der Waals surface area contributed by atoms with E-state index in [0.29, 0.717) is 5.69 Å². The number of nitro benzene ring substituents is 1. The van der Waals surface area contributed by atoms with Gasteiger partial charge in [0.1, 0.15) is 5.75 Å². The highest BCUT2D eigenvalue weighted by atomic mass is 16.6. The average Bonchev–Trinajstić information content (AvgIpc) is 3.47. The van der Waals surface area contributed by atoms with Crippen LogP contribution in [0.5, 0.6) is 5.75 Å². The molecule has 0 radical (unpaired) electrons. The number of non-ortho nitro benzene ring substituents is 1. The van der Waals surface area contributed by atoms with Gasteiger partial charge in [0.15, 0.2) is 0 Å². The third kappa shape index (κ3) is 2.96. The SMILES string of the molecule is COc1ccc([N+](=O)[O-])cc1NC(=O)c1ccc(N2C(=O)[C@@H]3[C@@H](C2=O)[C@H]2C=C[C@H]3C2)cc1. The highest BCUT2D eigenvalue weighted by Crippen LogP contribution is 2.53. The number of ether oxygens (including phenoxy) is 1. The minimum absolute atomic E-state index is 0.126. The number of anilines is 2. The summed E-state index contributed by atoms with van der Waals surface area (Å²) >= 11 is 0. The Morgan fingerprint density at radius 1 is 1.06 bits per heavy atom. The molecule has 2 fully saturated rings. The van der Waals surface area contributed by atoms with Crippen molar-refractivity contribution in [2.45, 2.75) is 6.42 Å². The van der Waals surface area contributed by atoms with Crippen LogP contribution in [0.2, 0.25) is 0 Å². The van der Waals surface area contributed by atoms with Crippen LogP contribution in [-0.2, 0) is 9.59 Å². The Labute approximate surface area is 182 Å². The van der Waals surface area contributed by atoms with Crippen LogP contribution in [0, 0.1) is 33.8 Å². The molecule has 1 heterocycles. The quantitative estimate of drug-likeness (QED) is 0.335. The van der Waals surface area contributed by atoms with Crippen LogP contribution in [-0.4, -0.2) is 29.8 Å². The summed E-state index contributed by atoms with van der Waals surface area (Å²) < 4.78 is 5.16. The van der Waals surface area contributed by atoms with Crippen molar-refractivity contribution in [3.05, 3.63) is 70.3 Å². The van der Waals surface area contributed by atoms with Crippen molar-refractivity contribution in [1.82, 2.24) is 0 Å². The van der Waals surface area contributed by atoms with Crippen molar-refractivity contribution in [3.8, 4) is 5.75 Å². The van der Waals surface area contributed by atoms with Crippen LogP contribution in [0.1, 0.15) is 16.8 Å². The van der Waals surface area contributed by atoms with E-state index in [9.17, 15) is 24.5 Å². The summed E-state index contributed by atoms with van der Waals surface area (Å²) in [4.78, 5) is 50.2. The van der Waals surface area contributed by atoms with Gasteiger partial charge in [0.25, 0.3) is 11.6 Å². The third-order valence-corrected chi connectivity index (χ3v) is 6.50. The highest BCUT2D eigenvalue weighted by Gasteiger charge is 2.59. The topological polar surface area (TPSA) is 119 Å². The van der Waals surface area contributed by atoms with Gasteiger partial charge in [0.2, 0.25) is 11.8 Å². The normalized spacial score (nSPS) is 25.2. The van der Waals surface area contributed by atoms with E-state index in [1.165, 1.54) is 42.3 Å². The fourth-order valence-corrected chi connectivity index (χ4v) is 5.02. The van der Waals surface area contributed by atoms with E-state index in [1.807, 2.05) is 12.2 Å². The molecule has 0 spiro atoms. The summed E-state index contributed by atoms with van der Waals surface area (Å²) in [6.07, 6.45) is 4.94. The van der Waals surface area contributed by atoms with Gasteiger partial charge in [-0.15, -0.1) is 0 Å². The maximum atomic E-state index is 12.9. The Morgan fingerprint density at radius 2 is 1.69 bits per heavy atom. The van der Waals surface area contributed by atoms with Gasteiger partial charge in [-0.05, 0) is 48.6 Å². The van der Waals surface area contributed by atoms with Crippen molar-refractivity contribution in [3.63, 3.8) is 0 Å². The Bertz CT molecular complexity index is 1160. The molecule has 1 saturated heterocycles. The molecule has 3 amide bonds. The first-order valence-electron chi connectivity index (χ1n) is 10.2. The fraction of sp³-hybridized carbons (Fsp3) is 0.261. The van der Waals surface area contributed by atoms with E-state index in [-0.39, 0.29) is 58.2 Å². The molecule has 0 aromatic heterocycles. The molecule has 0 unspecified atom stereocenters. The molecule has 162 valence electrons. The van der Waals surface area contributed by atoms with E-state index in [0.717, 1.165) is 6.42 Å². The van der Waals surface area contributed by atoms with Crippen molar-refractivity contribution < 1.29 is 24.0 Å². The number of rotatable bonds is 5. The third-order valence-electron chi connectivity index (χ3n) is 6.50. The van der Waals surface area contributed by atoms with E-state index in [4.69, 9.17) is 4.74 Å². The van der Waals surface area contributed by atoms with Gasteiger partial charge in [0, 0.05) is 17.7 Å². The molecular formula is C23H19N3O6. The average molecular weight is 433 g/mol. The van der Waals surface area contributed by atoms with Crippen molar-refractivity contribution in [2.24, 2.45) is 23.7 Å². The van der Waals surface area contributed by atoms with Crippen LogP contribution >= 0.6 is 0 Å². The molecule has 4 atom stereocenters. The second-order valence-electron chi connectivity index (χ2n) is 8.15. The predicted molar refractivity (Wildman–Crippen MR) is 114 cm³/mol. The second kappa shape index (κ2) is 7.30. The molecule has 2 aromatic carbocycles. The van der Waals surface area contributed by atoms with Gasteiger partial charge >= 0.3 is 0 Å². The minimum Gasteiger partial charge on any atom is -0.495 e. The molecule has 2 aromatic rings. The zero-order valence-corrected chi connectivity index (χ0v) is 17.1. The lowest BCUT2D eigenvalue weighted by molar-refractivity contribution is -0.384. The van der Waals surface area contributed by atoms with Gasteiger partial charge in [-0.25, -0.2) is 0 Å². The van der Waals surface area contributed by atoms with Crippen molar-refractivity contribution >= 4 is 34.8 Å². The van der Waals surface area contributed by atoms with E-state index in [1.54, 1.807) is 12.1 Å². The lowest BCUT2D eigenvalue weighted by Gasteiger charge is -2.17. The number of amides is 3. The summed E-state index contributed by atoms with van der Waals surface area (Å²) in [6, 6.07) is 10.0. The van der Waals surface area contributed by atoms with Gasteiger partial charge in [-0.3, -0.25) is 29.4 Å². The van der Waals surface area contributed by atoms with E-state index < -0.39 is 10.8 Å². The number of methoxy groups -OCH3 is 1. The fourth-order valence-electron chi connectivity index (χ4n) is 5.02. The molecule has 1 aliphatic heterocycles. The number of nitrogens with one attached hydrogen (secondary N) is 1. The first kappa shape index (κ1) is 19.9. The number of hydrogen-bond acceptors (Lipinski definition) is 6. The lowest BCUT2D eigenvalue weighted by atomic mass is 9.85. The van der Waals surface area contributed by atoms with Gasteiger partial charge in [0.05, 0.1) is 35.2 Å². The second-order valence-corrected chi connectivity index (χ2v) is 8.15. The lowest BCUT2D eigenvalue weighted by Crippen LogP contribution is -2.32. The summed E-state index contributed by atoms with van der Waals surface area (Å²) in [5.74, 6) is -0.922. The first-order valence-corrected chi connectivity index (χ1v) is 10.2. The van der Waals surface area contributed by atoms with Crippen LogP contribution in [0.3, 0.4) is 0 Å². The van der Waals surface area contributed by atoms with E-state index in [2.05, 4.69) is 5.32 Å². The molecular weight excluding hydrogens is 414 g/mol. The minimum atomic E-state index is -0.564. The van der Waals surface area contributed by atoms with Crippen molar-refractivity contribution in [1.29, 1.82) is 0 Å². The summed E-state index contributed by atoms with van der Waals surface area (Å²) in [5.41, 5.74) is 0.676. The molecule has 3 aliphatic rings. The van der Waals surface area contributed by atoms with Crippen LogP contribution < -0.4 is 15.0 Å². The molecule has 32 heavy (non-hydrogen) atoms. The molecule has 9 heteroatoms. The zero-order valence-electron chi connectivity index (χ0n) is 17.1. The number of carbonyl (C=O) groups excluding carboxylic acids is 3. The number of allylic oxidation sites excluding steroid dienone is 2. The zero-order chi connectivity index (χ0) is 22.6. The van der Waals surface area contributed by atoms with Crippen LogP contribution in [0.25, 0.3) is 0 Å².